The number of amides is 2. The van der Waals surface area contributed by atoms with Gasteiger partial charge < -0.3 is 15.7 Å². The number of carbonyl (C=O) groups is 2. The lowest BCUT2D eigenvalue weighted by Crippen LogP contribution is -2.37. The van der Waals surface area contributed by atoms with E-state index < -0.39 is 5.97 Å². The molecule has 0 heterocycles. The maximum atomic E-state index is 12.1. The second kappa shape index (κ2) is 7.11. The molecule has 0 unspecified atom stereocenters. The number of hydrogen-bond donors (Lipinski definition) is 3. The SMILES string of the molecule is Cc1c(NC(=O)NC2CCCCCC2)cccc1C(=O)O. The van der Waals surface area contributed by atoms with Crippen LogP contribution in [0.5, 0.6) is 0 Å². The van der Waals surface area contributed by atoms with Crippen LogP contribution >= 0.6 is 0 Å². The predicted octanol–water partition coefficient (Wildman–Crippen LogP) is 3.54. The number of carboxylic acid groups (broad SMARTS) is 1. The predicted molar refractivity (Wildman–Crippen MR) is 81.8 cm³/mol. The average Bonchev–Trinajstić information content (AvgIpc) is 2.69. The first-order valence-electron chi connectivity index (χ1n) is 7.48. The maximum absolute atomic E-state index is 12.1. The van der Waals surface area contributed by atoms with E-state index in [2.05, 4.69) is 10.6 Å². The van der Waals surface area contributed by atoms with Crippen molar-refractivity contribution in [3.8, 4) is 0 Å². The van der Waals surface area contributed by atoms with Gasteiger partial charge in [0.2, 0.25) is 0 Å². The quantitative estimate of drug-likeness (QED) is 0.745. The number of carboxylic acids is 1. The van der Waals surface area contributed by atoms with E-state index in [1.807, 2.05) is 0 Å². The summed E-state index contributed by atoms with van der Waals surface area (Å²) in [6.07, 6.45) is 6.80. The highest BCUT2D eigenvalue weighted by molar-refractivity contribution is 5.95. The minimum atomic E-state index is -0.986. The standard InChI is InChI=1S/C16H22N2O3/c1-11-13(15(19)20)9-6-10-14(11)18-16(21)17-12-7-4-2-3-5-8-12/h6,9-10,12H,2-5,7-8H2,1H3,(H,19,20)(H2,17,18,21). The van der Waals surface area contributed by atoms with Crippen LogP contribution in [0.25, 0.3) is 0 Å². The highest BCUT2D eigenvalue weighted by atomic mass is 16.4. The molecule has 2 amide bonds. The van der Waals surface area contributed by atoms with Crippen LogP contribution in [0.1, 0.15) is 54.4 Å². The Morgan fingerprint density at radius 1 is 1.14 bits per heavy atom. The van der Waals surface area contributed by atoms with Gasteiger partial charge in [-0.15, -0.1) is 0 Å². The van der Waals surface area contributed by atoms with Crippen molar-refractivity contribution in [3.05, 3.63) is 29.3 Å². The molecule has 0 radical (unpaired) electrons. The molecule has 3 N–H and O–H groups in total. The highest BCUT2D eigenvalue weighted by Gasteiger charge is 2.16. The second-order valence-electron chi connectivity index (χ2n) is 5.57. The summed E-state index contributed by atoms with van der Waals surface area (Å²) in [5, 5.41) is 14.8. The van der Waals surface area contributed by atoms with Crippen LogP contribution < -0.4 is 10.6 Å². The minimum absolute atomic E-state index is 0.210. The molecule has 0 aromatic heterocycles. The molecule has 21 heavy (non-hydrogen) atoms. The molecule has 114 valence electrons. The van der Waals surface area contributed by atoms with Crippen molar-refractivity contribution in [1.29, 1.82) is 0 Å². The van der Waals surface area contributed by atoms with Crippen LogP contribution in [0.2, 0.25) is 0 Å². The van der Waals surface area contributed by atoms with Gasteiger partial charge in [-0.1, -0.05) is 31.7 Å². The largest absolute Gasteiger partial charge is 0.478 e. The molecular weight excluding hydrogens is 268 g/mol. The molecular formula is C16H22N2O3. The summed E-state index contributed by atoms with van der Waals surface area (Å²) in [6.45, 7) is 1.70. The van der Waals surface area contributed by atoms with Crippen LogP contribution in [-0.4, -0.2) is 23.1 Å². The van der Waals surface area contributed by atoms with Crippen LogP contribution in [0.3, 0.4) is 0 Å². The average molecular weight is 290 g/mol. The lowest BCUT2D eigenvalue weighted by molar-refractivity contribution is 0.0696. The molecule has 5 heteroatoms. The Labute approximate surface area is 124 Å². The molecule has 1 saturated carbocycles. The number of aromatic carboxylic acids is 1. The van der Waals surface area contributed by atoms with Gasteiger partial charge in [0.25, 0.3) is 0 Å². The Kier molecular flexibility index (Phi) is 5.20. The van der Waals surface area contributed by atoms with Gasteiger partial charge in [-0.25, -0.2) is 9.59 Å². The molecule has 5 nitrogen and oxygen atoms in total. The fraction of sp³-hybridized carbons (Fsp3) is 0.500. The molecule has 1 aliphatic carbocycles. The third-order valence-electron chi connectivity index (χ3n) is 4.00. The van der Waals surface area contributed by atoms with Gasteiger partial charge in [-0.3, -0.25) is 0 Å². The Hall–Kier alpha value is -2.04. The van der Waals surface area contributed by atoms with Crippen molar-refractivity contribution in [1.82, 2.24) is 5.32 Å². The van der Waals surface area contributed by atoms with E-state index in [1.54, 1.807) is 19.1 Å². The van der Waals surface area contributed by atoms with Gasteiger partial charge in [0.15, 0.2) is 0 Å². The second-order valence-corrected chi connectivity index (χ2v) is 5.57. The van der Waals surface area contributed by atoms with E-state index in [1.165, 1.54) is 18.9 Å². The van der Waals surface area contributed by atoms with E-state index in [0.29, 0.717) is 11.3 Å². The zero-order chi connectivity index (χ0) is 15.2. The Balaban J connectivity index is 1.99. The van der Waals surface area contributed by atoms with Gasteiger partial charge in [-0.2, -0.15) is 0 Å². The summed E-state index contributed by atoms with van der Waals surface area (Å²) in [5.74, 6) is -0.986. The zero-order valence-electron chi connectivity index (χ0n) is 12.3. The van der Waals surface area contributed by atoms with Gasteiger partial charge in [0, 0.05) is 11.7 Å². The van der Waals surface area contributed by atoms with E-state index in [4.69, 9.17) is 5.11 Å². The lowest BCUT2D eigenvalue weighted by atomic mass is 10.1. The summed E-state index contributed by atoms with van der Waals surface area (Å²) in [6, 6.07) is 4.85. The molecule has 0 aliphatic heterocycles. The van der Waals surface area contributed by atoms with Crippen LogP contribution in [0, 0.1) is 6.92 Å². The number of urea groups is 1. The molecule has 0 spiro atoms. The number of nitrogens with one attached hydrogen (secondary N) is 2. The molecule has 1 aliphatic rings. The third-order valence-corrected chi connectivity index (χ3v) is 4.00. The first kappa shape index (κ1) is 15.4. The molecule has 0 atom stereocenters. The van der Waals surface area contributed by atoms with Crippen LogP contribution in [0.15, 0.2) is 18.2 Å². The Morgan fingerprint density at radius 3 is 2.43 bits per heavy atom. The number of rotatable bonds is 3. The van der Waals surface area contributed by atoms with Crippen molar-refractivity contribution < 1.29 is 14.7 Å². The first-order chi connectivity index (χ1) is 10.1. The molecule has 1 fully saturated rings. The maximum Gasteiger partial charge on any atom is 0.336 e. The van der Waals surface area contributed by atoms with E-state index in [9.17, 15) is 9.59 Å². The number of carbonyl (C=O) groups excluding carboxylic acids is 1. The first-order valence-corrected chi connectivity index (χ1v) is 7.48. The van der Waals surface area contributed by atoms with Crippen molar-refractivity contribution in [2.24, 2.45) is 0 Å². The summed E-state index contributed by atoms with van der Waals surface area (Å²) in [4.78, 5) is 23.1. The molecule has 1 aromatic rings. The van der Waals surface area contributed by atoms with Gasteiger partial charge in [0.1, 0.15) is 0 Å². The van der Waals surface area contributed by atoms with Crippen LogP contribution in [0.4, 0.5) is 10.5 Å². The Bertz CT molecular complexity index is 520. The summed E-state index contributed by atoms with van der Waals surface area (Å²) < 4.78 is 0. The minimum Gasteiger partial charge on any atom is -0.478 e. The van der Waals surface area contributed by atoms with E-state index in [-0.39, 0.29) is 17.6 Å². The molecule has 2 rings (SSSR count). The number of hydrogen-bond acceptors (Lipinski definition) is 2. The van der Waals surface area contributed by atoms with Crippen molar-refractivity contribution in [3.63, 3.8) is 0 Å². The smallest absolute Gasteiger partial charge is 0.336 e. The monoisotopic (exact) mass is 290 g/mol. The van der Waals surface area contributed by atoms with Crippen molar-refractivity contribution in [2.75, 3.05) is 5.32 Å². The lowest BCUT2D eigenvalue weighted by Gasteiger charge is -2.17. The summed E-state index contributed by atoms with van der Waals surface area (Å²) in [7, 11) is 0. The molecule has 1 aromatic carbocycles. The number of benzene rings is 1. The molecule has 0 saturated heterocycles. The summed E-state index contributed by atoms with van der Waals surface area (Å²) in [5.41, 5.74) is 1.32. The Morgan fingerprint density at radius 2 is 1.81 bits per heavy atom. The van der Waals surface area contributed by atoms with Crippen LogP contribution in [-0.2, 0) is 0 Å². The van der Waals surface area contributed by atoms with Crippen molar-refractivity contribution >= 4 is 17.7 Å². The van der Waals surface area contributed by atoms with E-state index in [0.717, 1.165) is 25.7 Å². The van der Waals surface area contributed by atoms with Gasteiger partial charge >= 0.3 is 12.0 Å². The normalized spacial score (nSPS) is 16.0. The number of anilines is 1. The highest BCUT2D eigenvalue weighted by Crippen LogP contribution is 2.20. The van der Waals surface area contributed by atoms with E-state index >= 15 is 0 Å². The topological polar surface area (TPSA) is 78.4 Å². The fourth-order valence-electron chi connectivity index (χ4n) is 2.77. The third kappa shape index (κ3) is 4.21. The van der Waals surface area contributed by atoms with Crippen molar-refractivity contribution in [2.45, 2.75) is 51.5 Å². The fourth-order valence-corrected chi connectivity index (χ4v) is 2.77. The molecule has 0 bridgehead atoms. The van der Waals surface area contributed by atoms with Gasteiger partial charge in [0.05, 0.1) is 5.56 Å². The summed E-state index contributed by atoms with van der Waals surface area (Å²) >= 11 is 0. The van der Waals surface area contributed by atoms with Gasteiger partial charge in [-0.05, 0) is 37.5 Å². The zero-order valence-corrected chi connectivity index (χ0v) is 12.3.